The van der Waals surface area contributed by atoms with Gasteiger partial charge in [0.25, 0.3) is 5.91 Å². The minimum atomic E-state index is -0.0877. The molecule has 1 aromatic carbocycles. The smallest absolute Gasteiger partial charge is 0.278 e. The van der Waals surface area contributed by atoms with E-state index >= 15 is 0 Å². The standard InChI is InChI=1S/C19H22N4O2S/c1-3-13-6-7-15-17(11-13)26-19(21-15)23(12-14-5-4-10-25-14)18(24)16-8-9-20-22(16)2/h6-9,11,14H,3-5,10,12H2,1-2H3. The monoisotopic (exact) mass is 370 g/mol. The van der Waals surface area contributed by atoms with Crippen LogP contribution in [0.5, 0.6) is 0 Å². The molecule has 1 fully saturated rings. The molecule has 0 radical (unpaired) electrons. The lowest BCUT2D eigenvalue weighted by molar-refractivity contribution is 0.0910. The molecule has 7 heteroatoms. The lowest BCUT2D eigenvalue weighted by Crippen LogP contribution is -2.38. The number of thiazole rings is 1. The van der Waals surface area contributed by atoms with E-state index in [4.69, 9.17) is 9.72 Å². The Morgan fingerprint density at radius 3 is 3.00 bits per heavy atom. The van der Waals surface area contributed by atoms with E-state index in [-0.39, 0.29) is 12.0 Å². The average molecular weight is 370 g/mol. The highest BCUT2D eigenvalue weighted by molar-refractivity contribution is 7.22. The largest absolute Gasteiger partial charge is 0.376 e. The van der Waals surface area contributed by atoms with Gasteiger partial charge in [-0.25, -0.2) is 4.98 Å². The van der Waals surface area contributed by atoms with Crippen molar-refractivity contribution in [1.82, 2.24) is 14.8 Å². The first-order chi connectivity index (χ1) is 12.7. The molecule has 136 valence electrons. The zero-order chi connectivity index (χ0) is 18.1. The van der Waals surface area contributed by atoms with E-state index in [0.29, 0.717) is 12.2 Å². The molecular formula is C19H22N4O2S. The highest BCUT2D eigenvalue weighted by Crippen LogP contribution is 2.31. The Morgan fingerprint density at radius 2 is 2.31 bits per heavy atom. The van der Waals surface area contributed by atoms with E-state index < -0.39 is 0 Å². The molecule has 1 unspecified atom stereocenters. The third-order valence-electron chi connectivity index (χ3n) is 4.78. The molecule has 1 saturated heterocycles. The second-order valence-corrected chi connectivity index (χ2v) is 7.55. The number of amides is 1. The quantitative estimate of drug-likeness (QED) is 0.690. The Hall–Kier alpha value is -2.25. The number of rotatable bonds is 5. The van der Waals surface area contributed by atoms with Crippen LogP contribution in [0.1, 0.15) is 35.8 Å². The molecule has 1 aliphatic rings. The molecule has 3 heterocycles. The van der Waals surface area contributed by atoms with Crippen molar-refractivity contribution in [2.45, 2.75) is 32.3 Å². The summed E-state index contributed by atoms with van der Waals surface area (Å²) in [5, 5.41) is 4.85. The topological polar surface area (TPSA) is 60.3 Å². The van der Waals surface area contributed by atoms with Crippen LogP contribution in [0.3, 0.4) is 0 Å². The summed E-state index contributed by atoms with van der Waals surface area (Å²) in [6, 6.07) is 8.04. The fourth-order valence-electron chi connectivity index (χ4n) is 3.25. The molecule has 1 amide bonds. The number of hydrogen-bond acceptors (Lipinski definition) is 5. The number of benzene rings is 1. The van der Waals surface area contributed by atoms with Crippen LogP contribution in [0.4, 0.5) is 5.13 Å². The van der Waals surface area contributed by atoms with Gasteiger partial charge < -0.3 is 4.74 Å². The molecule has 0 N–H and O–H groups in total. The molecule has 0 saturated carbocycles. The highest BCUT2D eigenvalue weighted by atomic mass is 32.1. The summed E-state index contributed by atoms with van der Waals surface area (Å²) >= 11 is 1.56. The van der Waals surface area contributed by atoms with Crippen molar-refractivity contribution in [2.75, 3.05) is 18.1 Å². The SMILES string of the molecule is CCc1ccc2nc(N(CC3CCCO3)C(=O)c3ccnn3C)sc2c1. The van der Waals surface area contributed by atoms with Crippen LogP contribution in [-0.4, -0.2) is 39.9 Å². The Balaban J connectivity index is 1.71. The summed E-state index contributed by atoms with van der Waals surface area (Å²) in [6.45, 7) is 3.42. The van der Waals surface area contributed by atoms with Gasteiger partial charge in [0.1, 0.15) is 5.69 Å². The first-order valence-corrected chi connectivity index (χ1v) is 9.78. The molecule has 6 nitrogen and oxygen atoms in total. The van der Waals surface area contributed by atoms with Crippen LogP contribution in [0, 0.1) is 0 Å². The second kappa shape index (κ2) is 7.17. The number of carbonyl (C=O) groups excluding carboxylic acids is 1. The molecule has 26 heavy (non-hydrogen) atoms. The molecule has 1 atom stereocenters. The third kappa shape index (κ3) is 3.24. The van der Waals surface area contributed by atoms with Crippen molar-refractivity contribution >= 4 is 32.6 Å². The summed E-state index contributed by atoms with van der Waals surface area (Å²) in [6.07, 6.45) is 4.70. The van der Waals surface area contributed by atoms with E-state index in [1.165, 1.54) is 5.56 Å². The fourth-order valence-corrected chi connectivity index (χ4v) is 4.29. The van der Waals surface area contributed by atoms with Crippen LogP contribution in [0.2, 0.25) is 0 Å². The fraction of sp³-hybridized carbons (Fsp3) is 0.421. The van der Waals surface area contributed by atoms with Gasteiger partial charge in [-0.15, -0.1) is 0 Å². The van der Waals surface area contributed by atoms with Gasteiger partial charge in [-0.1, -0.05) is 24.3 Å². The minimum absolute atomic E-state index is 0.0605. The normalized spacial score (nSPS) is 17.1. The first kappa shape index (κ1) is 17.2. The molecular weight excluding hydrogens is 348 g/mol. The average Bonchev–Trinajstić information content (AvgIpc) is 3.38. The lowest BCUT2D eigenvalue weighted by atomic mass is 10.2. The zero-order valence-corrected chi connectivity index (χ0v) is 15.8. The number of carbonyl (C=O) groups is 1. The van der Waals surface area contributed by atoms with Gasteiger partial charge in [0.05, 0.1) is 22.9 Å². The van der Waals surface area contributed by atoms with Crippen molar-refractivity contribution in [2.24, 2.45) is 7.05 Å². The summed E-state index contributed by atoms with van der Waals surface area (Å²) in [7, 11) is 1.78. The van der Waals surface area contributed by atoms with Gasteiger partial charge in [-0.2, -0.15) is 5.10 Å². The third-order valence-corrected chi connectivity index (χ3v) is 5.82. The van der Waals surface area contributed by atoms with E-state index in [2.05, 4.69) is 24.2 Å². The van der Waals surface area contributed by atoms with Gasteiger partial charge in [-0.05, 0) is 43.0 Å². The van der Waals surface area contributed by atoms with Gasteiger partial charge >= 0.3 is 0 Å². The summed E-state index contributed by atoms with van der Waals surface area (Å²) < 4.78 is 8.48. The van der Waals surface area contributed by atoms with Crippen LogP contribution in [0.15, 0.2) is 30.5 Å². The lowest BCUT2D eigenvalue weighted by Gasteiger charge is -2.22. The van der Waals surface area contributed by atoms with Crippen molar-refractivity contribution in [3.8, 4) is 0 Å². The summed E-state index contributed by atoms with van der Waals surface area (Å²) in [5.41, 5.74) is 2.75. The first-order valence-electron chi connectivity index (χ1n) is 8.96. The molecule has 1 aliphatic heterocycles. The van der Waals surface area contributed by atoms with Crippen LogP contribution in [0.25, 0.3) is 10.2 Å². The number of fused-ring (bicyclic) bond motifs is 1. The van der Waals surface area contributed by atoms with E-state index in [1.807, 2.05) is 6.07 Å². The van der Waals surface area contributed by atoms with Gasteiger partial charge in [0.15, 0.2) is 5.13 Å². The maximum Gasteiger partial charge on any atom is 0.278 e. The van der Waals surface area contributed by atoms with Crippen molar-refractivity contribution in [3.05, 3.63) is 41.7 Å². The van der Waals surface area contributed by atoms with Crippen LogP contribution in [-0.2, 0) is 18.2 Å². The maximum atomic E-state index is 13.2. The van der Waals surface area contributed by atoms with Gasteiger partial charge in [0, 0.05) is 19.9 Å². The Labute approximate surface area is 156 Å². The highest BCUT2D eigenvalue weighted by Gasteiger charge is 2.28. The molecule has 2 aromatic heterocycles. The van der Waals surface area contributed by atoms with Crippen molar-refractivity contribution in [3.63, 3.8) is 0 Å². The molecule has 0 spiro atoms. The van der Waals surface area contributed by atoms with Crippen LogP contribution < -0.4 is 4.90 Å². The zero-order valence-electron chi connectivity index (χ0n) is 15.0. The molecule has 0 aliphatic carbocycles. The number of anilines is 1. The Bertz CT molecular complexity index is 927. The van der Waals surface area contributed by atoms with E-state index in [1.54, 1.807) is 40.2 Å². The van der Waals surface area contributed by atoms with Gasteiger partial charge in [-0.3, -0.25) is 14.4 Å². The van der Waals surface area contributed by atoms with Crippen molar-refractivity contribution < 1.29 is 9.53 Å². The van der Waals surface area contributed by atoms with Gasteiger partial charge in [0.2, 0.25) is 0 Å². The van der Waals surface area contributed by atoms with E-state index in [9.17, 15) is 4.79 Å². The van der Waals surface area contributed by atoms with Crippen molar-refractivity contribution in [1.29, 1.82) is 0 Å². The number of aryl methyl sites for hydroxylation is 2. The molecule has 3 aromatic rings. The van der Waals surface area contributed by atoms with Crippen LogP contribution >= 0.6 is 11.3 Å². The van der Waals surface area contributed by atoms with E-state index in [0.717, 1.165) is 41.2 Å². The Morgan fingerprint density at radius 1 is 1.42 bits per heavy atom. The number of nitrogens with zero attached hydrogens (tertiary/aromatic N) is 4. The molecule has 0 bridgehead atoms. The predicted molar refractivity (Wildman–Crippen MR) is 103 cm³/mol. The summed E-state index contributed by atoms with van der Waals surface area (Å²) in [5.74, 6) is -0.0877. The number of aromatic nitrogens is 3. The maximum absolute atomic E-state index is 13.2. The predicted octanol–water partition coefficient (Wildman–Crippen LogP) is 3.42. The summed E-state index contributed by atoms with van der Waals surface area (Å²) in [4.78, 5) is 19.7. The number of ether oxygens (including phenoxy) is 1. The molecule has 4 rings (SSSR count). The second-order valence-electron chi connectivity index (χ2n) is 6.54. The minimum Gasteiger partial charge on any atom is -0.376 e. The Kier molecular flexibility index (Phi) is 4.74. The number of hydrogen-bond donors (Lipinski definition) is 0.